The van der Waals surface area contributed by atoms with Gasteiger partial charge in [-0.3, -0.25) is 9.59 Å². The molecule has 0 spiro atoms. The lowest BCUT2D eigenvalue weighted by Crippen LogP contribution is -2.19. The van der Waals surface area contributed by atoms with Gasteiger partial charge in [-0.25, -0.2) is 4.98 Å². The van der Waals surface area contributed by atoms with Crippen molar-refractivity contribution in [1.82, 2.24) is 4.98 Å². The van der Waals surface area contributed by atoms with Gasteiger partial charge in [0.2, 0.25) is 0 Å². The molecule has 0 atom stereocenters. The molecule has 2 aromatic carbocycles. The Labute approximate surface area is 172 Å². The Kier molecular flexibility index (Phi) is 5.97. The fraction of sp³-hybridized carbons (Fsp3) is 0.0952. The molecule has 1 aromatic heterocycles. The number of nitrogens with zero attached hydrogens (tertiary/aromatic N) is 1. The monoisotopic (exact) mass is 413 g/mol. The number of pyridine rings is 1. The lowest BCUT2D eigenvalue weighted by atomic mass is 10.2. The van der Waals surface area contributed by atoms with E-state index < -0.39 is 11.8 Å². The van der Waals surface area contributed by atoms with Crippen molar-refractivity contribution < 1.29 is 9.59 Å². The maximum Gasteiger partial charge on any atom is 0.274 e. The molecule has 28 heavy (non-hydrogen) atoms. The number of hydrogen-bond acceptors (Lipinski definition) is 3. The second-order valence-corrected chi connectivity index (χ2v) is 7.11. The van der Waals surface area contributed by atoms with Crippen LogP contribution < -0.4 is 10.6 Å². The first-order valence-corrected chi connectivity index (χ1v) is 9.21. The Hall–Kier alpha value is -2.89. The van der Waals surface area contributed by atoms with E-state index >= 15 is 0 Å². The summed E-state index contributed by atoms with van der Waals surface area (Å²) in [5, 5.41) is 6.56. The molecule has 0 aliphatic heterocycles. The zero-order valence-electron chi connectivity index (χ0n) is 15.2. The van der Waals surface area contributed by atoms with Crippen molar-refractivity contribution in [2.24, 2.45) is 0 Å². The number of carbonyl (C=O) groups is 2. The van der Waals surface area contributed by atoms with Crippen LogP contribution in [0.5, 0.6) is 0 Å². The Bertz CT molecular complexity index is 987. The van der Waals surface area contributed by atoms with Crippen LogP contribution in [0.2, 0.25) is 10.0 Å². The van der Waals surface area contributed by atoms with Gasteiger partial charge >= 0.3 is 0 Å². The molecular formula is C21H17Cl2N3O2. The fourth-order valence-corrected chi connectivity index (χ4v) is 2.86. The maximum atomic E-state index is 12.5. The number of halogens is 2. The third-order valence-electron chi connectivity index (χ3n) is 4.11. The van der Waals surface area contributed by atoms with Gasteiger partial charge in [-0.1, -0.05) is 41.4 Å². The molecule has 5 nitrogen and oxygen atoms in total. The van der Waals surface area contributed by atoms with E-state index in [4.69, 9.17) is 23.2 Å². The Balaban J connectivity index is 1.79. The van der Waals surface area contributed by atoms with Gasteiger partial charge in [0.15, 0.2) is 0 Å². The van der Waals surface area contributed by atoms with Crippen molar-refractivity contribution in [3.8, 4) is 0 Å². The number of aromatic nitrogens is 1. The molecule has 142 valence electrons. The predicted octanol–water partition coefficient (Wildman–Crippen LogP) is 5.51. The van der Waals surface area contributed by atoms with Gasteiger partial charge in [0, 0.05) is 21.4 Å². The van der Waals surface area contributed by atoms with E-state index in [9.17, 15) is 9.59 Å². The largest absolute Gasteiger partial charge is 0.320 e. The van der Waals surface area contributed by atoms with Crippen LogP contribution in [-0.4, -0.2) is 16.8 Å². The van der Waals surface area contributed by atoms with Crippen LogP contribution in [0.3, 0.4) is 0 Å². The topological polar surface area (TPSA) is 71.1 Å². The number of aryl methyl sites for hydroxylation is 2. The van der Waals surface area contributed by atoms with Crippen molar-refractivity contribution >= 4 is 46.4 Å². The summed E-state index contributed by atoms with van der Waals surface area (Å²) in [4.78, 5) is 29.3. The number of carbonyl (C=O) groups excluding carboxylic acids is 2. The van der Waals surface area contributed by atoms with Gasteiger partial charge < -0.3 is 10.6 Å². The highest BCUT2D eigenvalue weighted by molar-refractivity contribution is 6.31. The summed E-state index contributed by atoms with van der Waals surface area (Å²) >= 11 is 12.0. The van der Waals surface area contributed by atoms with Crippen molar-refractivity contribution in [2.75, 3.05) is 10.6 Å². The van der Waals surface area contributed by atoms with E-state index in [-0.39, 0.29) is 11.4 Å². The number of anilines is 2. The van der Waals surface area contributed by atoms with Crippen molar-refractivity contribution in [3.63, 3.8) is 0 Å². The minimum atomic E-state index is -0.432. The molecule has 0 saturated heterocycles. The maximum absolute atomic E-state index is 12.5. The Morgan fingerprint density at radius 1 is 0.750 bits per heavy atom. The second kappa shape index (κ2) is 8.42. The van der Waals surface area contributed by atoms with E-state index in [1.54, 1.807) is 30.3 Å². The molecule has 1 heterocycles. The first kappa shape index (κ1) is 19.9. The molecule has 7 heteroatoms. The lowest BCUT2D eigenvalue weighted by Gasteiger charge is -2.10. The summed E-state index contributed by atoms with van der Waals surface area (Å²) in [7, 11) is 0. The molecule has 0 radical (unpaired) electrons. The molecule has 0 unspecified atom stereocenters. The van der Waals surface area contributed by atoms with E-state index in [1.165, 1.54) is 12.1 Å². The summed E-state index contributed by atoms with van der Waals surface area (Å²) in [6, 6.07) is 15.1. The third kappa shape index (κ3) is 4.68. The number of hydrogen-bond donors (Lipinski definition) is 2. The number of amides is 2. The molecule has 0 saturated carbocycles. The second-order valence-electron chi connectivity index (χ2n) is 6.23. The highest BCUT2D eigenvalue weighted by atomic mass is 35.5. The standard InChI is InChI=1S/C21H17Cl2N3O2/c1-12-6-8-14(22)10-18(12)25-20(27)16-4-3-5-17(24-16)21(28)26-19-11-15(23)9-7-13(19)2/h3-11H,1-2H3,(H,25,27)(H,26,28). The van der Waals surface area contributed by atoms with E-state index in [2.05, 4.69) is 15.6 Å². The molecule has 2 amide bonds. The number of benzene rings is 2. The molecule has 0 aliphatic carbocycles. The van der Waals surface area contributed by atoms with Gasteiger partial charge in [-0.05, 0) is 61.4 Å². The molecule has 2 N–H and O–H groups in total. The van der Waals surface area contributed by atoms with Crippen LogP contribution in [0, 0.1) is 13.8 Å². The summed E-state index contributed by atoms with van der Waals surface area (Å²) in [5.74, 6) is -0.863. The van der Waals surface area contributed by atoms with Crippen LogP contribution >= 0.6 is 23.2 Å². The summed E-state index contributed by atoms with van der Waals surface area (Å²) < 4.78 is 0. The highest BCUT2D eigenvalue weighted by Crippen LogP contribution is 2.22. The van der Waals surface area contributed by atoms with Gasteiger partial charge in [0.05, 0.1) is 0 Å². The van der Waals surface area contributed by atoms with Crippen LogP contribution in [-0.2, 0) is 0 Å². The quantitative estimate of drug-likeness (QED) is 0.592. The molecular weight excluding hydrogens is 397 g/mol. The highest BCUT2D eigenvalue weighted by Gasteiger charge is 2.14. The van der Waals surface area contributed by atoms with E-state index in [0.29, 0.717) is 21.4 Å². The van der Waals surface area contributed by atoms with Gasteiger partial charge in [-0.15, -0.1) is 0 Å². The Morgan fingerprint density at radius 3 is 1.61 bits per heavy atom. The SMILES string of the molecule is Cc1ccc(Cl)cc1NC(=O)c1cccc(C(=O)Nc2cc(Cl)ccc2C)n1. The smallest absolute Gasteiger partial charge is 0.274 e. The van der Waals surface area contributed by atoms with Gasteiger partial charge in [0.1, 0.15) is 11.4 Å². The first-order valence-electron chi connectivity index (χ1n) is 8.45. The minimum Gasteiger partial charge on any atom is -0.320 e. The average molecular weight is 414 g/mol. The number of nitrogens with one attached hydrogen (secondary N) is 2. The van der Waals surface area contributed by atoms with Crippen LogP contribution in [0.25, 0.3) is 0 Å². The van der Waals surface area contributed by atoms with E-state index in [0.717, 1.165) is 11.1 Å². The van der Waals surface area contributed by atoms with Crippen LogP contribution in [0.15, 0.2) is 54.6 Å². The van der Waals surface area contributed by atoms with Gasteiger partial charge in [-0.2, -0.15) is 0 Å². The predicted molar refractivity (Wildman–Crippen MR) is 113 cm³/mol. The minimum absolute atomic E-state index is 0.120. The average Bonchev–Trinajstić information content (AvgIpc) is 2.67. The molecule has 3 aromatic rings. The first-order chi connectivity index (χ1) is 13.3. The van der Waals surface area contributed by atoms with Crippen molar-refractivity contribution in [1.29, 1.82) is 0 Å². The molecule has 0 fully saturated rings. The molecule has 0 aliphatic rings. The van der Waals surface area contributed by atoms with Crippen molar-refractivity contribution in [2.45, 2.75) is 13.8 Å². The zero-order chi connectivity index (χ0) is 20.3. The van der Waals surface area contributed by atoms with Crippen molar-refractivity contribution in [3.05, 3.63) is 87.2 Å². The summed E-state index contributed by atoms with van der Waals surface area (Å²) in [6.07, 6.45) is 0. The normalized spacial score (nSPS) is 10.4. The fourth-order valence-electron chi connectivity index (χ4n) is 2.52. The lowest BCUT2D eigenvalue weighted by molar-refractivity contribution is 0.101. The van der Waals surface area contributed by atoms with Gasteiger partial charge in [0.25, 0.3) is 11.8 Å². The number of rotatable bonds is 4. The molecule has 0 bridgehead atoms. The molecule has 3 rings (SSSR count). The Morgan fingerprint density at radius 2 is 1.18 bits per heavy atom. The van der Waals surface area contributed by atoms with Crippen LogP contribution in [0.1, 0.15) is 32.1 Å². The summed E-state index contributed by atoms with van der Waals surface area (Å²) in [6.45, 7) is 3.72. The summed E-state index contributed by atoms with van der Waals surface area (Å²) in [5.41, 5.74) is 3.14. The van der Waals surface area contributed by atoms with Crippen LogP contribution in [0.4, 0.5) is 11.4 Å². The third-order valence-corrected chi connectivity index (χ3v) is 4.58. The van der Waals surface area contributed by atoms with E-state index in [1.807, 2.05) is 26.0 Å². The zero-order valence-corrected chi connectivity index (χ0v) is 16.7.